The molecule has 84 valence electrons. The summed E-state index contributed by atoms with van der Waals surface area (Å²) < 4.78 is 16.5. The summed E-state index contributed by atoms with van der Waals surface area (Å²) >= 11 is 0. The van der Waals surface area contributed by atoms with Crippen LogP contribution in [-0.2, 0) is 14.2 Å². The van der Waals surface area contributed by atoms with Crippen LogP contribution in [-0.4, -0.2) is 37.0 Å². The van der Waals surface area contributed by atoms with Gasteiger partial charge in [-0.25, -0.2) is 0 Å². The van der Waals surface area contributed by atoms with Crippen LogP contribution in [0.15, 0.2) is 25.3 Å². The van der Waals surface area contributed by atoms with E-state index >= 15 is 0 Å². The molecule has 0 spiro atoms. The maximum absolute atomic E-state index is 9.79. The Labute approximate surface area is 89.1 Å². The zero-order valence-corrected chi connectivity index (χ0v) is 8.65. The second kappa shape index (κ2) is 3.72. The first-order chi connectivity index (χ1) is 7.16. The lowest BCUT2D eigenvalue weighted by Gasteiger charge is -2.52. The number of aliphatic hydroxyl groups excluding tert-OH is 1. The highest BCUT2D eigenvalue weighted by atomic mass is 16.9. The van der Waals surface area contributed by atoms with Crippen LogP contribution >= 0.6 is 0 Å². The van der Waals surface area contributed by atoms with Crippen LogP contribution in [0.2, 0.25) is 0 Å². The summed E-state index contributed by atoms with van der Waals surface area (Å²) in [5.74, 6) is -0.968. The van der Waals surface area contributed by atoms with Crippen LogP contribution < -0.4 is 0 Å². The summed E-state index contributed by atoms with van der Waals surface area (Å²) in [6.07, 6.45) is 3.01. The second-order valence-electron chi connectivity index (χ2n) is 4.08. The lowest BCUT2D eigenvalue weighted by atomic mass is 9.82. The van der Waals surface area contributed by atoms with Gasteiger partial charge < -0.3 is 19.3 Å². The fourth-order valence-electron chi connectivity index (χ4n) is 1.87. The van der Waals surface area contributed by atoms with Crippen molar-refractivity contribution in [3.8, 4) is 0 Å². The summed E-state index contributed by atoms with van der Waals surface area (Å²) in [5.41, 5.74) is -0.495. The number of fused-ring (bicyclic) bond motifs is 3. The quantitative estimate of drug-likeness (QED) is 0.701. The molecule has 0 aromatic rings. The molecule has 2 bridgehead atoms. The summed E-state index contributed by atoms with van der Waals surface area (Å²) in [6, 6.07) is 0. The maximum atomic E-state index is 9.79. The van der Waals surface area contributed by atoms with Crippen LogP contribution in [0.25, 0.3) is 0 Å². The fraction of sp³-hybridized carbons (Fsp3) is 0.636. The molecule has 3 rings (SSSR count). The molecule has 3 aliphatic heterocycles. The molecule has 0 aliphatic carbocycles. The molecule has 0 aromatic heterocycles. The molecule has 1 atom stereocenters. The van der Waals surface area contributed by atoms with E-state index in [1.807, 2.05) is 0 Å². The molecule has 4 heteroatoms. The van der Waals surface area contributed by atoms with Gasteiger partial charge in [-0.2, -0.15) is 0 Å². The predicted octanol–water partition coefficient (Wildman–Crippen LogP) is 0.827. The van der Waals surface area contributed by atoms with E-state index in [1.165, 1.54) is 6.08 Å². The third-order valence-corrected chi connectivity index (χ3v) is 2.98. The lowest BCUT2D eigenvalue weighted by Crippen LogP contribution is -2.63. The standard InChI is InChI=1S/C11H16O4/c1-3-5-11-13-6-10(7-14-11,8-15-11)9(12)4-2/h3-4,9,12H,1-2,5-8H2. The minimum Gasteiger partial charge on any atom is -0.388 e. The first-order valence-electron chi connectivity index (χ1n) is 5.00. The molecule has 3 saturated heterocycles. The van der Waals surface area contributed by atoms with E-state index in [0.29, 0.717) is 26.2 Å². The molecule has 0 amide bonds. The first kappa shape index (κ1) is 10.8. The molecule has 3 heterocycles. The van der Waals surface area contributed by atoms with Gasteiger partial charge in [0.25, 0.3) is 5.97 Å². The van der Waals surface area contributed by atoms with Crippen molar-refractivity contribution < 1.29 is 19.3 Å². The van der Waals surface area contributed by atoms with Gasteiger partial charge in [0.2, 0.25) is 0 Å². The average molecular weight is 212 g/mol. The Kier molecular flexibility index (Phi) is 2.68. The normalized spacial score (nSPS) is 41.1. The Bertz CT molecular complexity index is 249. The third-order valence-electron chi connectivity index (χ3n) is 2.98. The molecule has 3 fully saturated rings. The molecule has 1 N–H and O–H groups in total. The van der Waals surface area contributed by atoms with Gasteiger partial charge in [-0.05, 0) is 0 Å². The number of ether oxygens (including phenoxy) is 3. The summed E-state index contributed by atoms with van der Waals surface area (Å²) in [7, 11) is 0. The van der Waals surface area contributed by atoms with Gasteiger partial charge in [-0.15, -0.1) is 13.2 Å². The Morgan fingerprint density at radius 1 is 1.20 bits per heavy atom. The third kappa shape index (κ3) is 1.63. The topological polar surface area (TPSA) is 47.9 Å². The Hall–Kier alpha value is -0.680. The van der Waals surface area contributed by atoms with Crippen LogP contribution in [0, 0.1) is 5.41 Å². The van der Waals surface area contributed by atoms with E-state index in [-0.39, 0.29) is 0 Å². The van der Waals surface area contributed by atoms with Gasteiger partial charge >= 0.3 is 0 Å². The zero-order valence-electron chi connectivity index (χ0n) is 8.65. The van der Waals surface area contributed by atoms with Crippen LogP contribution in [0.4, 0.5) is 0 Å². The smallest absolute Gasteiger partial charge is 0.286 e. The number of aliphatic hydroxyl groups is 1. The molecule has 0 saturated carbocycles. The molecule has 4 nitrogen and oxygen atoms in total. The highest BCUT2D eigenvalue weighted by Gasteiger charge is 2.54. The summed E-state index contributed by atoms with van der Waals surface area (Å²) in [6.45, 7) is 8.47. The first-order valence-corrected chi connectivity index (χ1v) is 5.00. The molecule has 1 unspecified atom stereocenters. The van der Waals surface area contributed by atoms with Crippen molar-refractivity contribution in [2.45, 2.75) is 18.5 Å². The van der Waals surface area contributed by atoms with E-state index in [0.717, 1.165) is 0 Å². The number of hydrogen-bond donors (Lipinski definition) is 1. The van der Waals surface area contributed by atoms with Crippen molar-refractivity contribution >= 4 is 0 Å². The Morgan fingerprint density at radius 3 is 2.13 bits per heavy atom. The SMILES string of the molecule is C=CCC12OCC(C(O)C=C)(CO1)CO2. The van der Waals surface area contributed by atoms with Crippen molar-refractivity contribution in [2.24, 2.45) is 5.41 Å². The van der Waals surface area contributed by atoms with Gasteiger partial charge in [-0.1, -0.05) is 12.2 Å². The van der Waals surface area contributed by atoms with E-state index in [1.54, 1.807) is 6.08 Å². The van der Waals surface area contributed by atoms with Crippen molar-refractivity contribution in [1.29, 1.82) is 0 Å². The van der Waals surface area contributed by atoms with Gasteiger partial charge in [0.15, 0.2) is 0 Å². The molecule has 3 aliphatic rings. The highest BCUT2D eigenvalue weighted by Crippen LogP contribution is 2.42. The maximum Gasteiger partial charge on any atom is 0.286 e. The van der Waals surface area contributed by atoms with Crippen LogP contribution in [0.5, 0.6) is 0 Å². The largest absolute Gasteiger partial charge is 0.388 e. The monoisotopic (exact) mass is 212 g/mol. The van der Waals surface area contributed by atoms with Crippen LogP contribution in [0.1, 0.15) is 6.42 Å². The van der Waals surface area contributed by atoms with Gasteiger partial charge in [0.05, 0.1) is 31.3 Å². The van der Waals surface area contributed by atoms with Crippen molar-refractivity contribution in [3.63, 3.8) is 0 Å². The second-order valence-corrected chi connectivity index (χ2v) is 4.08. The molecule has 0 radical (unpaired) electrons. The highest BCUT2D eigenvalue weighted by molar-refractivity contribution is 5.01. The van der Waals surface area contributed by atoms with Crippen molar-refractivity contribution in [3.05, 3.63) is 25.3 Å². The molecule has 15 heavy (non-hydrogen) atoms. The van der Waals surface area contributed by atoms with E-state index in [2.05, 4.69) is 13.2 Å². The van der Waals surface area contributed by atoms with E-state index < -0.39 is 17.5 Å². The zero-order chi connectivity index (χ0) is 10.9. The fourth-order valence-corrected chi connectivity index (χ4v) is 1.87. The summed E-state index contributed by atoms with van der Waals surface area (Å²) in [5, 5.41) is 9.79. The van der Waals surface area contributed by atoms with Gasteiger partial charge in [0, 0.05) is 6.42 Å². The average Bonchev–Trinajstić information content (AvgIpc) is 2.30. The van der Waals surface area contributed by atoms with E-state index in [4.69, 9.17) is 14.2 Å². The van der Waals surface area contributed by atoms with Crippen molar-refractivity contribution in [1.82, 2.24) is 0 Å². The number of rotatable bonds is 4. The Balaban J connectivity index is 2.09. The van der Waals surface area contributed by atoms with Gasteiger partial charge in [0.1, 0.15) is 0 Å². The molecular formula is C11H16O4. The summed E-state index contributed by atoms with van der Waals surface area (Å²) in [4.78, 5) is 0. The Morgan fingerprint density at radius 2 is 1.73 bits per heavy atom. The minimum absolute atomic E-state index is 0.425. The van der Waals surface area contributed by atoms with Crippen LogP contribution in [0.3, 0.4) is 0 Å². The van der Waals surface area contributed by atoms with Crippen molar-refractivity contribution in [2.75, 3.05) is 19.8 Å². The lowest BCUT2D eigenvalue weighted by molar-refractivity contribution is -0.471. The molecule has 0 aromatic carbocycles. The predicted molar refractivity (Wildman–Crippen MR) is 54.0 cm³/mol. The molecular weight excluding hydrogens is 196 g/mol. The van der Waals surface area contributed by atoms with Gasteiger partial charge in [-0.3, -0.25) is 0 Å². The number of hydrogen-bond acceptors (Lipinski definition) is 4. The minimum atomic E-state index is -0.968. The van der Waals surface area contributed by atoms with E-state index in [9.17, 15) is 5.11 Å².